The maximum absolute atomic E-state index is 11.8. The monoisotopic (exact) mass is 323 g/mol. The quantitative estimate of drug-likeness (QED) is 0.795. The van der Waals surface area contributed by atoms with Crippen molar-refractivity contribution in [1.82, 2.24) is 24.9 Å². The van der Waals surface area contributed by atoms with E-state index in [1.54, 1.807) is 10.9 Å². The van der Waals surface area contributed by atoms with Crippen LogP contribution in [-0.4, -0.2) is 32.0 Å². The van der Waals surface area contributed by atoms with Crippen molar-refractivity contribution in [1.29, 1.82) is 0 Å². The number of hydrogen-bond donors (Lipinski definition) is 1. The molecule has 0 aliphatic rings. The normalized spacial score (nSPS) is 10.9. The number of carbonyl (C=O) groups excluding carboxylic acids is 1. The summed E-state index contributed by atoms with van der Waals surface area (Å²) in [5.74, 6) is 0.0272. The molecule has 0 spiro atoms. The third-order valence-corrected chi connectivity index (χ3v) is 3.94. The molecule has 0 bridgehead atoms. The van der Waals surface area contributed by atoms with Gasteiger partial charge in [0.25, 0.3) is 0 Å². The van der Waals surface area contributed by atoms with E-state index < -0.39 is 0 Å². The molecular weight excluding hydrogens is 302 g/mol. The lowest BCUT2D eigenvalue weighted by atomic mass is 10.3. The predicted octanol–water partition coefficient (Wildman–Crippen LogP) is 2.25. The van der Waals surface area contributed by atoms with E-state index in [2.05, 4.69) is 21.6 Å². The zero-order valence-electron chi connectivity index (χ0n) is 13.3. The maximum atomic E-state index is 11.8. The molecule has 0 unspecified atom stereocenters. The Bertz CT molecular complexity index is 646. The molecule has 2 heterocycles. The lowest BCUT2D eigenvalue weighted by Crippen LogP contribution is -2.26. The van der Waals surface area contributed by atoms with Crippen LogP contribution in [0.15, 0.2) is 12.3 Å². The molecule has 0 saturated heterocycles. The highest BCUT2D eigenvalue weighted by molar-refractivity contribution is 6.31. The first kappa shape index (κ1) is 16.5. The van der Waals surface area contributed by atoms with Gasteiger partial charge < -0.3 is 5.32 Å². The third kappa shape index (κ3) is 4.34. The van der Waals surface area contributed by atoms with E-state index in [1.807, 2.05) is 25.5 Å². The minimum Gasteiger partial charge on any atom is -0.356 e. The van der Waals surface area contributed by atoms with Crippen LogP contribution in [0.25, 0.3) is 0 Å². The first-order valence-electron chi connectivity index (χ1n) is 7.43. The van der Waals surface area contributed by atoms with Crippen molar-refractivity contribution >= 4 is 17.5 Å². The molecule has 2 aromatic heterocycles. The average molecular weight is 324 g/mol. The Hall–Kier alpha value is -1.82. The molecule has 1 amide bonds. The summed E-state index contributed by atoms with van der Waals surface area (Å²) in [6, 6.07) is 2.05. The van der Waals surface area contributed by atoms with Gasteiger partial charge in [-0.3, -0.25) is 14.2 Å². The van der Waals surface area contributed by atoms with Crippen molar-refractivity contribution in [3.63, 3.8) is 0 Å². The summed E-state index contributed by atoms with van der Waals surface area (Å²) in [5.41, 5.74) is 3.06. The van der Waals surface area contributed by atoms with Gasteiger partial charge in [-0.05, 0) is 33.3 Å². The summed E-state index contributed by atoms with van der Waals surface area (Å²) in [6.07, 6.45) is 2.86. The Labute approximate surface area is 135 Å². The SMILES string of the molecule is Cc1cc(C)n(CCCNC(=O)CCn2ncc(Cl)c2C)n1. The van der Waals surface area contributed by atoms with E-state index >= 15 is 0 Å². The number of hydrogen-bond acceptors (Lipinski definition) is 3. The fourth-order valence-corrected chi connectivity index (χ4v) is 2.44. The van der Waals surface area contributed by atoms with Gasteiger partial charge in [-0.2, -0.15) is 10.2 Å². The summed E-state index contributed by atoms with van der Waals surface area (Å²) in [7, 11) is 0. The Morgan fingerprint density at radius 3 is 2.64 bits per heavy atom. The Balaban J connectivity index is 1.66. The molecule has 0 aliphatic heterocycles. The van der Waals surface area contributed by atoms with E-state index in [-0.39, 0.29) is 5.91 Å². The Kier molecular flexibility index (Phi) is 5.60. The van der Waals surface area contributed by atoms with E-state index in [4.69, 9.17) is 11.6 Å². The number of carbonyl (C=O) groups is 1. The molecule has 0 radical (unpaired) electrons. The summed E-state index contributed by atoms with van der Waals surface area (Å²) < 4.78 is 3.72. The van der Waals surface area contributed by atoms with Crippen LogP contribution in [0.2, 0.25) is 5.02 Å². The van der Waals surface area contributed by atoms with Crippen LogP contribution < -0.4 is 5.32 Å². The number of halogens is 1. The minimum atomic E-state index is 0.0272. The Morgan fingerprint density at radius 2 is 2.05 bits per heavy atom. The second-order valence-electron chi connectivity index (χ2n) is 5.40. The number of nitrogens with one attached hydrogen (secondary N) is 1. The van der Waals surface area contributed by atoms with Gasteiger partial charge in [-0.15, -0.1) is 0 Å². The fraction of sp³-hybridized carbons (Fsp3) is 0.533. The van der Waals surface area contributed by atoms with Crippen LogP contribution in [0.3, 0.4) is 0 Å². The summed E-state index contributed by atoms with van der Waals surface area (Å²) in [4.78, 5) is 11.8. The zero-order chi connectivity index (χ0) is 16.1. The molecule has 2 rings (SSSR count). The molecular formula is C15H22ClN5O. The molecule has 7 heteroatoms. The highest BCUT2D eigenvalue weighted by atomic mass is 35.5. The molecule has 0 saturated carbocycles. The summed E-state index contributed by atoms with van der Waals surface area (Å²) in [5, 5.41) is 12.1. The fourth-order valence-electron chi connectivity index (χ4n) is 2.30. The minimum absolute atomic E-state index is 0.0272. The topological polar surface area (TPSA) is 64.7 Å². The maximum Gasteiger partial charge on any atom is 0.221 e. The molecule has 0 aliphatic carbocycles. The van der Waals surface area contributed by atoms with Gasteiger partial charge in [-0.1, -0.05) is 11.6 Å². The van der Waals surface area contributed by atoms with Crippen LogP contribution >= 0.6 is 11.6 Å². The number of nitrogens with zero attached hydrogens (tertiary/aromatic N) is 4. The zero-order valence-corrected chi connectivity index (χ0v) is 14.0. The van der Waals surface area contributed by atoms with Crippen LogP contribution in [0.5, 0.6) is 0 Å². The molecule has 0 aromatic carbocycles. The van der Waals surface area contributed by atoms with Gasteiger partial charge in [0.2, 0.25) is 5.91 Å². The van der Waals surface area contributed by atoms with Crippen LogP contribution in [0, 0.1) is 20.8 Å². The number of rotatable bonds is 7. The first-order chi connectivity index (χ1) is 10.5. The molecule has 0 atom stereocenters. The molecule has 0 fully saturated rings. The van der Waals surface area contributed by atoms with E-state index in [0.717, 1.165) is 30.0 Å². The lowest BCUT2D eigenvalue weighted by molar-refractivity contribution is -0.121. The molecule has 1 N–H and O–H groups in total. The van der Waals surface area contributed by atoms with Gasteiger partial charge in [0.1, 0.15) is 0 Å². The molecule has 6 nitrogen and oxygen atoms in total. The van der Waals surface area contributed by atoms with Crippen LogP contribution in [0.1, 0.15) is 29.9 Å². The number of aryl methyl sites for hydroxylation is 4. The van der Waals surface area contributed by atoms with Gasteiger partial charge in [0, 0.05) is 25.2 Å². The van der Waals surface area contributed by atoms with Gasteiger partial charge >= 0.3 is 0 Å². The van der Waals surface area contributed by atoms with Crippen molar-refractivity contribution in [3.8, 4) is 0 Å². The Morgan fingerprint density at radius 1 is 1.27 bits per heavy atom. The highest BCUT2D eigenvalue weighted by Gasteiger charge is 2.07. The van der Waals surface area contributed by atoms with E-state index in [0.29, 0.717) is 24.5 Å². The van der Waals surface area contributed by atoms with Crippen molar-refractivity contribution in [3.05, 3.63) is 34.4 Å². The summed E-state index contributed by atoms with van der Waals surface area (Å²) in [6.45, 7) is 7.91. The second kappa shape index (κ2) is 7.45. The number of aromatic nitrogens is 4. The second-order valence-corrected chi connectivity index (χ2v) is 5.81. The largest absolute Gasteiger partial charge is 0.356 e. The van der Waals surface area contributed by atoms with Gasteiger partial charge in [0.05, 0.1) is 29.2 Å². The standard InChI is InChI=1S/C15H22ClN5O/c1-11-9-12(2)20(19-11)7-4-6-17-15(22)5-8-21-13(3)14(16)10-18-21/h9-10H,4-8H2,1-3H3,(H,17,22). The third-order valence-electron chi connectivity index (χ3n) is 3.57. The van der Waals surface area contributed by atoms with E-state index in [1.165, 1.54) is 0 Å². The smallest absolute Gasteiger partial charge is 0.221 e. The first-order valence-corrected chi connectivity index (χ1v) is 7.81. The lowest BCUT2D eigenvalue weighted by Gasteiger charge is -2.07. The molecule has 22 heavy (non-hydrogen) atoms. The average Bonchev–Trinajstić information content (AvgIpc) is 2.96. The van der Waals surface area contributed by atoms with Crippen molar-refractivity contribution < 1.29 is 4.79 Å². The number of amides is 1. The van der Waals surface area contributed by atoms with Crippen LogP contribution in [0.4, 0.5) is 0 Å². The predicted molar refractivity (Wildman–Crippen MR) is 85.9 cm³/mol. The van der Waals surface area contributed by atoms with Crippen LogP contribution in [-0.2, 0) is 17.9 Å². The van der Waals surface area contributed by atoms with Crippen molar-refractivity contribution in [2.24, 2.45) is 0 Å². The van der Waals surface area contributed by atoms with Crippen molar-refractivity contribution in [2.75, 3.05) is 6.54 Å². The summed E-state index contributed by atoms with van der Waals surface area (Å²) >= 11 is 5.93. The highest BCUT2D eigenvalue weighted by Crippen LogP contribution is 2.13. The van der Waals surface area contributed by atoms with Gasteiger partial charge in [-0.25, -0.2) is 0 Å². The van der Waals surface area contributed by atoms with Crippen molar-refractivity contribution in [2.45, 2.75) is 46.7 Å². The molecule has 2 aromatic rings. The molecule has 120 valence electrons. The van der Waals surface area contributed by atoms with E-state index in [9.17, 15) is 4.79 Å². The van der Waals surface area contributed by atoms with Gasteiger partial charge in [0.15, 0.2) is 0 Å².